The molecule has 1 aliphatic carbocycles. The Kier molecular flexibility index (Phi) is 9.67. The van der Waals surface area contributed by atoms with Gasteiger partial charge in [0.25, 0.3) is 0 Å². The number of aromatic nitrogens is 6. The first kappa shape index (κ1) is 31.5. The molecule has 2 saturated heterocycles. The summed E-state index contributed by atoms with van der Waals surface area (Å²) in [4.78, 5) is 33.3. The normalized spacial score (nSPS) is 19.9. The largest absolute Gasteiger partial charge is 0.468 e. The zero-order valence-electron chi connectivity index (χ0n) is 26.5. The molecule has 3 aliphatic rings. The van der Waals surface area contributed by atoms with E-state index in [9.17, 15) is 10.1 Å². The third-order valence-corrected chi connectivity index (χ3v) is 8.91. The molecule has 7 rings (SSSR count). The Balaban J connectivity index is 1.04. The van der Waals surface area contributed by atoms with Crippen LogP contribution in [0.15, 0.2) is 61.3 Å². The molecule has 2 aliphatic heterocycles. The van der Waals surface area contributed by atoms with Gasteiger partial charge in [-0.15, -0.1) is 0 Å². The number of ether oxygens (including phenoxy) is 4. The van der Waals surface area contributed by atoms with Gasteiger partial charge in [0.2, 0.25) is 17.8 Å². The minimum atomic E-state index is -0.493. The molecule has 248 valence electrons. The lowest BCUT2D eigenvalue weighted by Crippen LogP contribution is -2.45. The summed E-state index contributed by atoms with van der Waals surface area (Å²) in [5.74, 6) is 0.939. The van der Waals surface area contributed by atoms with E-state index >= 15 is 0 Å². The molecule has 1 saturated carbocycles. The highest BCUT2D eigenvalue weighted by molar-refractivity contribution is 5.86. The van der Waals surface area contributed by atoms with Gasteiger partial charge in [-0.3, -0.25) is 4.68 Å². The molecule has 0 bridgehead atoms. The average Bonchev–Trinajstić information content (AvgIpc) is 3.62. The number of rotatable bonds is 10. The van der Waals surface area contributed by atoms with Gasteiger partial charge in [0.1, 0.15) is 24.3 Å². The SMILES string of the molecule is N#Cc1cnc(NC2CCC(N(C(=O)OCc3ccccc3)c3ncc(-c4cnn(C5CCOCC5)c4)cn3)CC2)nc1OC1COC1. The van der Waals surface area contributed by atoms with E-state index in [1.165, 1.54) is 6.20 Å². The van der Waals surface area contributed by atoms with Crippen molar-refractivity contribution < 1.29 is 23.7 Å². The van der Waals surface area contributed by atoms with Crippen LogP contribution in [0.2, 0.25) is 0 Å². The summed E-state index contributed by atoms with van der Waals surface area (Å²) in [7, 11) is 0. The first-order valence-electron chi connectivity index (χ1n) is 16.3. The van der Waals surface area contributed by atoms with Crippen molar-refractivity contribution in [1.29, 1.82) is 5.26 Å². The van der Waals surface area contributed by atoms with Gasteiger partial charge in [0, 0.05) is 55.0 Å². The molecule has 3 fully saturated rings. The zero-order valence-corrected chi connectivity index (χ0v) is 26.5. The van der Waals surface area contributed by atoms with Crippen LogP contribution in [0.25, 0.3) is 11.1 Å². The number of nitrogens with one attached hydrogen (secondary N) is 1. The van der Waals surface area contributed by atoms with Gasteiger partial charge in [-0.1, -0.05) is 30.3 Å². The molecular weight excluding hydrogens is 614 g/mol. The van der Waals surface area contributed by atoms with E-state index in [0.717, 1.165) is 55.6 Å². The first-order chi connectivity index (χ1) is 23.6. The van der Waals surface area contributed by atoms with E-state index < -0.39 is 6.09 Å². The monoisotopic (exact) mass is 651 g/mol. The Morgan fingerprint density at radius 3 is 2.44 bits per heavy atom. The smallest absolute Gasteiger partial charge is 0.417 e. The second-order valence-corrected chi connectivity index (χ2v) is 12.2. The molecule has 0 atom stereocenters. The number of amides is 1. The fraction of sp³-hybridized carbons (Fsp3) is 0.441. The number of benzene rings is 1. The molecule has 3 aromatic heterocycles. The van der Waals surface area contributed by atoms with Crippen LogP contribution in [-0.2, 0) is 20.8 Å². The lowest BCUT2D eigenvalue weighted by Gasteiger charge is -2.35. The van der Waals surface area contributed by atoms with E-state index in [-0.39, 0.29) is 36.2 Å². The fourth-order valence-electron chi connectivity index (χ4n) is 6.12. The van der Waals surface area contributed by atoms with Crippen molar-refractivity contribution in [2.45, 2.75) is 69.4 Å². The molecule has 1 amide bonds. The van der Waals surface area contributed by atoms with Crippen LogP contribution in [0, 0.1) is 11.3 Å². The van der Waals surface area contributed by atoms with E-state index in [4.69, 9.17) is 18.9 Å². The predicted molar refractivity (Wildman–Crippen MR) is 173 cm³/mol. The fourth-order valence-corrected chi connectivity index (χ4v) is 6.12. The molecule has 0 radical (unpaired) electrons. The second-order valence-electron chi connectivity index (χ2n) is 12.2. The molecular formula is C34H37N9O5. The second kappa shape index (κ2) is 14.7. The standard InChI is InChI=1S/C34H37N9O5/c35-14-24-15-36-32(41-31(24)48-30-21-46-22-30)40-27-6-8-29(9-7-27)43(34(44)47-20-23-4-2-1-3-5-23)33-37-16-25(17-38-33)26-18-39-42(19-26)28-10-12-45-13-11-28/h1-5,15-19,27-30H,6-13,20-22H2,(H,36,40,41). The zero-order chi connectivity index (χ0) is 32.7. The number of anilines is 2. The molecule has 0 spiro atoms. The summed E-state index contributed by atoms with van der Waals surface area (Å²) < 4.78 is 24.3. The Bertz CT molecular complexity index is 1710. The number of nitrogens with zero attached hydrogens (tertiary/aromatic N) is 8. The van der Waals surface area contributed by atoms with Gasteiger partial charge < -0.3 is 24.3 Å². The van der Waals surface area contributed by atoms with Gasteiger partial charge >= 0.3 is 6.09 Å². The van der Waals surface area contributed by atoms with Crippen LogP contribution in [0.1, 0.15) is 55.7 Å². The van der Waals surface area contributed by atoms with Crippen molar-refractivity contribution in [3.8, 4) is 23.1 Å². The average molecular weight is 652 g/mol. The topological polar surface area (TPSA) is 162 Å². The molecule has 5 heterocycles. The van der Waals surface area contributed by atoms with Gasteiger partial charge in [-0.2, -0.15) is 15.3 Å². The quantitative estimate of drug-likeness (QED) is 0.252. The van der Waals surface area contributed by atoms with Crippen molar-refractivity contribution in [2.24, 2.45) is 0 Å². The third-order valence-electron chi connectivity index (χ3n) is 8.91. The Morgan fingerprint density at radius 1 is 0.958 bits per heavy atom. The highest BCUT2D eigenvalue weighted by Crippen LogP contribution is 2.30. The number of nitriles is 1. The van der Waals surface area contributed by atoms with Gasteiger partial charge in [0.05, 0.1) is 31.6 Å². The molecule has 14 heteroatoms. The van der Waals surface area contributed by atoms with Crippen molar-refractivity contribution >= 4 is 18.0 Å². The van der Waals surface area contributed by atoms with E-state index in [0.29, 0.717) is 44.0 Å². The van der Waals surface area contributed by atoms with Crippen molar-refractivity contribution in [3.63, 3.8) is 0 Å². The summed E-state index contributed by atoms with van der Waals surface area (Å²) in [5, 5.41) is 17.4. The van der Waals surface area contributed by atoms with E-state index in [2.05, 4.69) is 36.4 Å². The summed E-state index contributed by atoms with van der Waals surface area (Å²) in [6.45, 7) is 2.56. The Labute approximate surface area is 278 Å². The maximum Gasteiger partial charge on any atom is 0.417 e. The molecule has 0 unspecified atom stereocenters. The highest BCUT2D eigenvalue weighted by Gasteiger charge is 2.33. The van der Waals surface area contributed by atoms with Gasteiger partial charge in [0.15, 0.2) is 0 Å². The minimum absolute atomic E-state index is 0.0619. The van der Waals surface area contributed by atoms with Crippen LogP contribution in [0.4, 0.5) is 16.7 Å². The van der Waals surface area contributed by atoms with Crippen molar-refractivity contribution in [1.82, 2.24) is 29.7 Å². The van der Waals surface area contributed by atoms with Crippen LogP contribution in [0.5, 0.6) is 5.88 Å². The maximum absolute atomic E-state index is 13.7. The highest BCUT2D eigenvalue weighted by atomic mass is 16.6. The van der Waals surface area contributed by atoms with E-state index in [1.807, 2.05) is 47.4 Å². The van der Waals surface area contributed by atoms with Gasteiger partial charge in [-0.05, 0) is 44.1 Å². The summed E-state index contributed by atoms with van der Waals surface area (Å²) in [6, 6.07) is 11.9. The molecule has 14 nitrogen and oxygen atoms in total. The lowest BCUT2D eigenvalue weighted by atomic mass is 9.90. The number of carbonyl (C=O) groups is 1. The van der Waals surface area contributed by atoms with E-state index in [1.54, 1.807) is 17.3 Å². The molecule has 4 aromatic rings. The van der Waals surface area contributed by atoms with Crippen LogP contribution >= 0.6 is 0 Å². The first-order valence-corrected chi connectivity index (χ1v) is 16.3. The predicted octanol–water partition coefficient (Wildman–Crippen LogP) is 4.70. The van der Waals surface area contributed by atoms with Crippen LogP contribution in [-0.4, -0.2) is 80.4 Å². The van der Waals surface area contributed by atoms with Crippen LogP contribution in [0.3, 0.4) is 0 Å². The van der Waals surface area contributed by atoms with Crippen molar-refractivity contribution in [2.75, 3.05) is 36.6 Å². The maximum atomic E-state index is 13.7. The Morgan fingerprint density at radius 2 is 1.73 bits per heavy atom. The molecule has 1 N–H and O–H groups in total. The lowest BCUT2D eigenvalue weighted by molar-refractivity contribution is -0.0814. The molecule has 48 heavy (non-hydrogen) atoms. The molecule has 1 aromatic carbocycles. The summed E-state index contributed by atoms with van der Waals surface area (Å²) in [5.41, 5.74) is 2.91. The Hall–Kier alpha value is -5.13. The van der Waals surface area contributed by atoms with Gasteiger partial charge in [-0.25, -0.2) is 24.6 Å². The van der Waals surface area contributed by atoms with Crippen molar-refractivity contribution in [3.05, 3.63) is 72.4 Å². The summed E-state index contributed by atoms with van der Waals surface area (Å²) in [6.07, 6.45) is 12.9. The van der Waals surface area contributed by atoms with Crippen LogP contribution < -0.4 is 15.0 Å². The summed E-state index contributed by atoms with van der Waals surface area (Å²) >= 11 is 0. The third kappa shape index (κ3) is 7.37. The minimum Gasteiger partial charge on any atom is -0.468 e. The number of hydrogen-bond acceptors (Lipinski definition) is 12. The number of hydrogen-bond donors (Lipinski definition) is 1. The number of carbonyl (C=O) groups excluding carboxylic acids is 1.